The molecule has 1 aliphatic rings. The number of hydrogen-bond donors (Lipinski definition) is 1. The van der Waals surface area contributed by atoms with Crippen LogP contribution in [0.2, 0.25) is 0 Å². The minimum atomic E-state index is -0.518. The zero-order chi connectivity index (χ0) is 13.1. The summed E-state index contributed by atoms with van der Waals surface area (Å²) in [4.78, 5) is 0. The largest absolute Gasteiger partial charge is 0.327 e. The third-order valence-corrected chi connectivity index (χ3v) is 4.22. The van der Waals surface area contributed by atoms with Crippen molar-refractivity contribution in [2.75, 3.05) is 0 Å². The first kappa shape index (κ1) is 13.5. The van der Waals surface area contributed by atoms with Crippen LogP contribution in [-0.4, -0.2) is 6.04 Å². The van der Waals surface area contributed by atoms with Gasteiger partial charge >= 0.3 is 0 Å². The highest BCUT2D eigenvalue weighted by Crippen LogP contribution is 2.32. The van der Waals surface area contributed by atoms with Crippen molar-refractivity contribution < 1.29 is 8.78 Å². The summed E-state index contributed by atoms with van der Waals surface area (Å²) in [6.45, 7) is 2.19. The molecule has 3 heteroatoms. The average Bonchev–Trinajstić information content (AvgIpc) is 2.35. The predicted octanol–water partition coefficient (Wildman–Crippen LogP) is 3.66. The molecular formula is C15H21F2N. The fourth-order valence-electron chi connectivity index (χ4n) is 2.96. The fraction of sp³-hybridized carbons (Fsp3) is 0.600. The molecule has 0 aromatic heterocycles. The van der Waals surface area contributed by atoms with Gasteiger partial charge < -0.3 is 5.73 Å². The molecule has 0 heterocycles. The van der Waals surface area contributed by atoms with Crippen LogP contribution in [0.15, 0.2) is 18.2 Å². The lowest BCUT2D eigenvalue weighted by Gasteiger charge is -2.34. The molecule has 0 amide bonds. The molecule has 0 spiro atoms. The van der Waals surface area contributed by atoms with Crippen molar-refractivity contribution in [1.82, 2.24) is 0 Å². The van der Waals surface area contributed by atoms with E-state index in [9.17, 15) is 8.78 Å². The second-order valence-electron chi connectivity index (χ2n) is 5.45. The van der Waals surface area contributed by atoms with Crippen LogP contribution in [0.5, 0.6) is 0 Å². The Morgan fingerprint density at radius 1 is 1.28 bits per heavy atom. The van der Waals surface area contributed by atoms with E-state index in [0.29, 0.717) is 23.8 Å². The molecule has 3 unspecified atom stereocenters. The van der Waals surface area contributed by atoms with Gasteiger partial charge in [0.1, 0.15) is 11.6 Å². The van der Waals surface area contributed by atoms with E-state index in [4.69, 9.17) is 5.73 Å². The Balaban J connectivity index is 2.07. The van der Waals surface area contributed by atoms with Gasteiger partial charge in [0, 0.05) is 12.1 Å². The number of nitrogens with two attached hydrogens (primary N) is 1. The maximum Gasteiger partial charge on any atom is 0.129 e. The van der Waals surface area contributed by atoms with Gasteiger partial charge in [-0.1, -0.05) is 19.4 Å². The van der Waals surface area contributed by atoms with Crippen LogP contribution >= 0.6 is 0 Å². The SMILES string of the molecule is CCC1CCC(N)C(Cc2ccc(F)cc2F)C1. The van der Waals surface area contributed by atoms with Gasteiger partial charge in [-0.2, -0.15) is 0 Å². The quantitative estimate of drug-likeness (QED) is 0.874. The van der Waals surface area contributed by atoms with Gasteiger partial charge in [0.15, 0.2) is 0 Å². The van der Waals surface area contributed by atoms with Gasteiger partial charge in [-0.15, -0.1) is 0 Å². The molecular weight excluding hydrogens is 232 g/mol. The summed E-state index contributed by atoms with van der Waals surface area (Å²) in [5, 5.41) is 0. The lowest BCUT2D eigenvalue weighted by molar-refractivity contribution is 0.226. The molecule has 2 N–H and O–H groups in total. The molecule has 1 aromatic rings. The van der Waals surface area contributed by atoms with Crippen LogP contribution in [0, 0.1) is 23.5 Å². The van der Waals surface area contributed by atoms with Crippen LogP contribution in [0.1, 0.15) is 38.2 Å². The van der Waals surface area contributed by atoms with Crippen molar-refractivity contribution >= 4 is 0 Å². The van der Waals surface area contributed by atoms with E-state index in [1.807, 2.05) is 0 Å². The van der Waals surface area contributed by atoms with E-state index < -0.39 is 11.6 Å². The average molecular weight is 253 g/mol. The maximum atomic E-state index is 13.6. The van der Waals surface area contributed by atoms with Gasteiger partial charge in [-0.3, -0.25) is 0 Å². The van der Waals surface area contributed by atoms with Crippen LogP contribution in [-0.2, 0) is 6.42 Å². The maximum absolute atomic E-state index is 13.6. The molecule has 100 valence electrons. The summed E-state index contributed by atoms with van der Waals surface area (Å²) in [5.41, 5.74) is 6.72. The van der Waals surface area contributed by atoms with Crippen molar-refractivity contribution in [3.05, 3.63) is 35.4 Å². The minimum absolute atomic E-state index is 0.150. The van der Waals surface area contributed by atoms with Crippen LogP contribution in [0.25, 0.3) is 0 Å². The third kappa shape index (κ3) is 3.08. The molecule has 1 saturated carbocycles. The fourth-order valence-corrected chi connectivity index (χ4v) is 2.96. The second kappa shape index (κ2) is 5.79. The van der Waals surface area contributed by atoms with Crippen molar-refractivity contribution in [3.63, 3.8) is 0 Å². The lowest BCUT2D eigenvalue weighted by Crippen LogP contribution is -2.37. The third-order valence-electron chi connectivity index (χ3n) is 4.22. The topological polar surface area (TPSA) is 26.0 Å². The highest BCUT2D eigenvalue weighted by atomic mass is 19.1. The molecule has 1 nitrogen and oxygen atoms in total. The normalized spacial score (nSPS) is 28.3. The van der Waals surface area contributed by atoms with Crippen LogP contribution < -0.4 is 5.73 Å². The minimum Gasteiger partial charge on any atom is -0.327 e. The number of halogens is 2. The Morgan fingerprint density at radius 2 is 2.06 bits per heavy atom. The number of hydrogen-bond acceptors (Lipinski definition) is 1. The molecule has 1 aromatic carbocycles. The Bertz CT molecular complexity index is 405. The first-order valence-corrected chi connectivity index (χ1v) is 6.79. The van der Waals surface area contributed by atoms with E-state index in [0.717, 1.165) is 25.3 Å². The highest BCUT2D eigenvalue weighted by molar-refractivity contribution is 5.19. The summed E-state index contributed by atoms with van der Waals surface area (Å²) in [7, 11) is 0. The Morgan fingerprint density at radius 3 is 2.72 bits per heavy atom. The van der Waals surface area contributed by atoms with Gasteiger partial charge in [0.05, 0.1) is 0 Å². The molecule has 1 aliphatic carbocycles. The van der Waals surface area contributed by atoms with E-state index in [1.165, 1.54) is 12.5 Å². The van der Waals surface area contributed by atoms with E-state index in [-0.39, 0.29) is 6.04 Å². The monoisotopic (exact) mass is 253 g/mol. The van der Waals surface area contributed by atoms with E-state index >= 15 is 0 Å². The summed E-state index contributed by atoms with van der Waals surface area (Å²) >= 11 is 0. The van der Waals surface area contributed by atoms with Gasteiger partial charge in [-0.05, 0) is 49.1 Å². The van der Waals surface area contributed by atoms with Crippen LogP contribution in [0.3, 0.4) is 0 Å². The standard InChI is InChI=1S/C15H21F2N/c1-2-10-3-6-15(18)12(7-10)8-11-4-5-13(16)9-14(11)17/h4-5,9-10,12,15H,2-3,6-8,18H2,1H3. The summed E-state index contributed by atoms with van der Waals surface area (Å²) in [6, 6.07) is 3.98. The molecule has 0 saturated heterocycles. The molecule has 1 fully saturated rings. The summed E-state index contributed by atoms with van der Waals surface area (Å²) < 4.78 is 26.5. The second-order valence-corrected chi connectivity index (χ2v) is 5.45. The zero-order valence-electron chi connectivity index (χ0n) is 10.8. The van der Waals surface area contributed by atoms with Gasteiger partial charge in [0.2, 0.25) is 0 Å². The van der Waals surface area contributed by atoms with Crippen molar-refractivity contribution in [1.29, 1.82) is 0 Å². The zero-order valence-corrected chi connectivity index (χ0v) is 10.8. The predicted molar refractivity (Wildman–Crippen MR) is 69.2 cm³/mol. The Labute approximate surface area is 107 Å². The summed E-state index contributed by atoms with van der Waals surface area (Å²) in [6.07, 6.45) is 5.05. The number of rotatable bonds is 3. The first-order valence-electron chi connectivity index (χ1n) is 6.79. The van der Waals surface area contributed by atoms with Crippen molar-refractivity contribution in [2.45, 2.75) is 45.1 Å². The molecule has 3 atom stereocenters. The molecule has 18 heavy (non-hydrogen) atoms. The lowest BCUT2D eigenvalue weighted by atomic mass is 9.75. The number of benzene rings is 1. The van der Waals surface area contributed by atoms with Crippen molar-refractivity contribution in [2.24, 2.45) is 17.6 Å². The smallest absolute Gasteiger partial charge is 0.129 e. The van der Waals surface area contributed by atoms with Crippen molar-refractivity contribution in [3.8, 4) is 0 Å². The highest BCUT2D eigenvalue weighted by Gasteiger charge is 2.27. The van der Waals surface area contributed by atoms with E-state index in [1.54, 1.807) is 6.07 Å². The first-order chi connectivity index (χ1) is 8.60. The molecule has 0 aliphatic heterocycles. The van der Waals surface area contributed by atoms with Gasteiger partial charge in [0.25, 0.3) is 0 Å². The van der Waals surface area contributed by atoms with Crippen LogP contribution in [0.4, 0.5) is 8.78 Å². The molecule has 0 radical (unpaired) electrons. The van der Waals surface area contributed by atoms with E-state index in [2.05, 4.69) is 6.92 Å². The Kier molecular flexibility index (Phi) is 4.33. The van der Waals surface area contributed by atoms with Gasteiger partial charge in [-0.25, -0.2) is 8.78 Å². The Hall–Kier alpha value is -0.960. The molecule has 2 rings (SSSR count). The molecule has 0 bridgehead atoms. The summed E-state index contributed by atoms with van der Waals surface area (Å²) in [5.74, 6) is 0.0680.